The molecule has 1 aromatic carbocycles. The monoisotopic (exact) mass is 222 g/mol. The van der Waals surface area contributed by atoms with E-state index in [1.165, 1.54) is 5.56 Å². The molecule has 0 aliphatic heterocycles. The van der Waals surface area contributed by atoms with Crippen molar-refractivity contribution >= 4 is 0 Å². The summed E-state index contributed by atoms with van der Waals surface area (Å²) < 4.78 is 0. The van der Waals surface area contributed by atoms with E-state index in [0.29, 0.717) is 0 Å². The van der Waals surface area contributed by atoms with Crippen molar-refractivity contribution in [3.8, 4) is 0 Å². The highest BCUT2D eigenvalue weighted by Gasteiger charge is 2.30. The second-order valence-corrected chi connectivity index (χ2v) is 5.35. The number of aliphatic hydroxyl groups excluding tert-OH is 2. The van der Waals surface area contributed by atoms with Crippen LogP contribution in [0, 0.1) is 5.41 Å². The van der Waals surface area contributed by atoms with E-state index in [9.17, 15) is 10.2 Å². The second kappa shape index (κ2) is 4.98. The molecule has 0 amide bonds. The quantitative estimate of drug-likeness (QED) is 0.825. The van der Waals surface area contributed by atoms with Crippen LogP contribution in [0.2, 0.25) is 0 Å². The summed E-state index contributed by atoms with van der Waals surface area (Å²) >= 11 is 0. The zero-order valence-electron chi connectivity index (χ0n) is 10.6. The molecule has 0 bridgehead atoms. The number of hydrogen-bond donors (Lipinski definition) is 2. The highest BCUT2D eigenvalue weighted by molar-refractivity contribution is 5.26. The van der Waals surface area contributed by atoms with Crippen LogP contribution in [0.1, 0.15) is 44.9 Å². The van der Waals surface area contributed by atoms with Gasteiger partial charge in [-0.25, -0.2) is 0 Å². The van der Waals surface area contributed by atoms with Crippen molar-refractivity contribution in [1.29, 1.82) is 0 Å². The summed E-state index contributed by atoms with van der Waals surface area (Å²) in [6.45, 7) is 7.84. The van der Waals surface area contributed by atoms with Crippen LogP contribution >= 0.6 is 0 Å². The molecule has 2 heteroatoms. The van der Waals surface area contributed by atoms with Gasteiger partial charge < -0.3 is 10.2 Å². The van der Waals surface area contributed by atoms with Crippen LogP contribution in [0.3, 0.4) is 0 Å². The van der Waals surface area contributed by atoms with Crippen molar-refractivity contribution in [2.45, 2.75) is 46.3 Å². The van der Waals surface area contributed by atoms with Crippen molar-refractivity contribution in [2.75, 3.05) is 0 Å². The fraction of sp³-hybridized carbons (Fsp3) is 0.571. The van der Waals surface area contributed by atoms with Crippen molar-refractivity contribution < 1.29 is 10.2 Å². The molecule has 0 spiro atoms. The van der Waals surface area contributed by atoms with Gasteiger partial charge >= 0.3 is 0 Å². The summed E-state index contributed by atoms with van der Waals surface area (Å²) in [5.41, 5.74) is 1.65. The Hall–Kier alpha value is -0.860. The predicted molar refractivity (Wildman–Crippen MR) is 66.2 cm³/mol. The van der Waals surface area contributed by atoms with Crippen LogP contribution in [0.5, 0.6) is 0 Å². The maximum atomic E-state index is 10.1. The molecule has 0 saturated carbocycles. The molecule has 2 unspecified atom stereocenters. The van der Waals surface area contributed by atoms with Crippen molar-refractivity contribution in [3.63, 3.8) is 0 Å². The summed E-state index contributed by atoms with van der Waals surface area (Å²) in [6.07, 6.45) is -0.627. The molecule has 0 radical (unpaired) electrons. The van der Waals surface area contributed by atoms with E-state index in [2.05, 4.69) is 6.92 Å². The average molecular weight is 222 g/mol. The molecule has 16 heavy (non-hydrogen) atoms. The highest BCUT2D eigenvalue weighted by Crippen LogP contribution is 2.30. The van der Waals surface area contributed by atoms with Gasteiger partial charge in [-0.1, -0.05) is 52.0 Å². The first kappa shape index (κ1) is 13.2. The molecule has 0 fully saturated rings. The van der Waals surface area contributed by atoms with E-state index in [-0.39, 0.29) is 5.41 Å². The third-order valence-electron chi connectivity index (χ3n) is 2.89. The van der Waals surface area contributed by atoms with Crippen LogP contribution in [0.15, 0.2) is 24.3 Å². The van der Waals surface area contributed by atoms with E-state index >= 15 is 0 Å². The van der Waals surface area contributed by atoms with Crippen LogP contribution in [-0.2, 0) is 6.42 Å². The summed E-state index contributed by atoms with van der Waals surface area (Å²) in [7, 11) is 0. The highest BCUT2D eigenvalue weighted by atomic mass is 16.3. The largest absolute Gasteiger partial charge is 0.390 e. The molecule has 1 aromatic rings. The SMILES string of the molecule is CCc1cccc(C(O)C(O)C(C)(C)C)c1. The number of rotatable bonds is 3. The maximum absolute atomic E-state index is 10.1. The fourth-order valence-electron chi connectivity index (χ4n) is 1.65. The molecule has 1 rings (SSSR count). The minimum absolute atomic E-state index is 0.318. The Labute approximate surface area is 97.9 Å². The van der Waals surface area contributed by atoms with Crippen LogP contribution in [0.25, 0.3) is 0 Å². The van der Waals surface area contributed by atoms with Gasteiger partial charge in [0.25, 0.3) is 0 Å². The smallest absolute Gasteiger partial charge is 0.105 e. The molecule has 2 nitrogen and oxygen atoms in total. The van der Waals surface area contributed by atoms with Crippen molar-refractivity contribution in [3.05, 3.63) is 35.4 Å². The Morgan fingerprint density at radius 2 is 1.81 bits per heavy atom. The number of hydrogen-bond acceptors (Lipinski definition) is 2. The standard InChI is InChI=1S/C14H22O2/c1-5-10-7-6-8-11(9-10)12(15)13(16)14(2,3)4/h6-9,12-13,15-16H,5H2,1-4H3. The van der Waals surface area contributed by atoms with E-state index in [0.717, 1.165) is 12.0 Å². The van der Waals surface area contributed by atoms with Crippen molar-refractivity contribution in [2.24, 2.45) is 5.41 Å². The lowest BCUT2D eigenvalue weighted by molar-refractivity contribution is -0.0458. The maximum Gasteiger partial charge on any atom is 0.105 e. The summed E-state index contributed by atoms with van der Waals surface area (Å²) in [5.74, 6) is 0. The minimum Gasteiger partial charge on any atom is -0.390 e. The zero-order valence-corrected chi connectivity index (χ0v) is 10.6. The van der Waals surface area contributed by atoms with Gasteiger partial charge in [0, 0.05) is 0 Å². The molecule has 2 atom stereocenters. The Morgan fingerprint density at radius 3 is 2.31 bits per heavy atom. The van der Waals surface area contributed by atoms with E-state index in [4.69, 9.17) is 0 Å². The lowest BCUT2D eigenvalue weighted by Gasteiger charge is -2.30. The van der Waals surface area contributed by atoms with Gasteiger partial charge in [0.2, 0.25) is 0 Å². The Kier molecular flexibility index (Phi) is 4.11. The Morgan fingerprint density at radius 1 is 1.19 bits per heavy atom. The van der Waals surface area contributed by atoms with E-state index in [1.807, 2.05) is 45.0 Å². The van der Waals surface area contributed by atoms with Gasteiger partial charge in [-0.15, -0.1) is 0 Å². The molecule has 90 valence electrons. The first-order valence-corrected chi connectivity index (χ1v) is 5.81. The van der Waals surface area contributed by atoms with Crippen LogP contribution < -0.4 is 0 Å². The molecule has 2 N–H and O–H groups in total. The molecular formula is C14H22O2. The number of benzene rings is 1. The van der Waals surface area contributed by atoms with Gasteiger partial charge in [0.15, 0.2) is 0 Å². The number of aryl methyl sites for hydroxylation is 1. The van der Waals surface area contributed by atoms with Crippen LogP contribution in [-0.4, -0.2) is 16.3 Å². The molecule has 0 aromatic heterocycles. The van der Waals surface area contributed by atoms with Gasteiger partial charge in [-0.2, -0.15) is 0 Å². The van der Waals surface area contributed by atoms with Gasteiger partial charge in [0.1, 0.15) is 6.10 Å². The molecule has 0 heterocycles. The molecule has 0 aliphatic rings. The molecular weight excluding hydrogens is 200 g/mol. The minimum atomic E-state index is -0.813. The van der Waals surface area contributed by atoms with E-state index in [1.54, 1.807) is 0 Å². The Bertz CT molecular complexity index is 339. The van der Waals surface area contributed by atoms with Gasteiger partial charge in [-0.05, 0) is 23.0 Å². The summed E-state index contributed by atoms with van der Waals surface area (Å²) in [4.78, 5) is 0. The first-order valence-electron chi connectivity index (χ1n) is 5.81. The normalized spacial score (nSPS) is 15.9. The zero-order chi connectivity index (χ0) is 12.3. The van der Waals surface area contributed by atoms with Crippen LogP contribution in [0.4, 0.5) is 0 Å². The van der Waals surface area contributed by atoms with Crippen molar-refractivity contribution in [1.82, 2.24) is 0 Å². The molecule has 0 saturated heterocycles. The predicted octanol–water partition coefficient (Wildman–Crippen LogP) is 2.69. The third kappa shape index (κ3) is 3.06. The second-order valence-electron chi connectivity index (χ2n) is 5.35. The average Bonchev–Trinajstić information content (AvgIpc) is 2.26. The lowest BCUT2D eigenvalue weighted by atomic mass is 9.83. The Balaban J connectivity index is 2.91. The lowest BCUT2D eigenvalue weighted by Crippen LogP contribution is -2.32. The summed E-state index contributed by atoms with van der Waals surface area (Å²) in [5, 5.41) is 20.1. The van der Waals surface area contributed by atoms with Gasteiger partial charge in [-0.3, -0.25) is 0 Å². The molecule has 0 aliphatic carbocycles. The fourth-order valence-corrected chi connectivity index (χ4v) is 1.65. The van der Waals surface area contributed by atoms with E-state index < -0.39 is 12.2 Å². The summed E-state index contributed by atoms with van der Waals surface area (Å²) in [6, 6.07) is 7.77. The first-order chi connectivity index (χ1) is 7.36. The van der Waals surface area contributed by atoms with Gasteiger partial charge in [0.05, 0.1) is 6.10 Å². The third-order valence-corrected chi connectivity index (χ3v) is 2.89. The topological polar surface area (TPSA) is 40.5 Å². The number of aliphatic hydroxyl groups is 2.